The highest BCUT2D eigenvalue weighted by molar-refractivity contribution is 7.89. The number of aryl methyl sites for hydroxylation is 1. The minimum Gasteiger partial charge on any atom is -0.299 e. The maximum Gasteiger partial charge on any atom is 0.276 e. The number of benzene rings is 1. The van der Waals surface area contributed by atoms with Gasteiger partial charge in [0, 0.05) is 24.2 Å². The molecule has 0 radical (unpaired) electrons. The highest BCUT2D eigenvalue weighted by Crippen LogP contribution is 2.34. The van der Waals surface area contributed by atoms with Crippen molar-refractivity contribution in [2.24, 2.45) is 16.9 Å². The number of likely N-dealkylation sites (N-methyl/N-ethyl adjacent to an activating group) is 1. The number of fused-ring (bicyclic) bond motifs is 2. The van der Waals surface area contributed by atoms with Crippen molar-refractivity contribution in [3.63, 3.8) is 0 Å². The maximum atomic E-state index is 12.3. The Morgan fingerprint density at radius 1 is 1.26 bits per heavy atom. The molecule has 2 bridgehead atoms. The summed E-state index contributed by atoms with van der Waals surface area (Å²) in [6.07, 6.45) is 5.52. The van der Waals surface area contributed by atoms with E-state index in [1.54, 1.807) is 24.3 Å². The second kappa shape index (κ2) is 6.09. The molecule has 5 nitrogen and oxygen atoms in total. The molecule has 124 valence electrons. The summed E-state index contributed by atoms with van der Waals surface area (Å²) in [6, 6.07) is 7.08. The lowest BCUT2D eigenvalue weighted by Crippen LogP contribution is -2.50. The predicted octanol–water partition coefficient (Wildman–Crippen LogP) is 2.16. The Morgan fingerprint density at radius 2 is 1.96 bits per heavy atom. The molecule has 2 aliphatic heterocycles. The van der Waals surface area contributed by atoms with Crippen molar-refractivity contribution in [1.29, 1.82) is 0 Å². The fourth-order valence-electron chi connectivity index (χ4n) is 3.43. The molecule has 1 aromatic carbocycles. The van der Waals surface area contributed by atoms with Gasteiger partial charge in [-0.25, -0.2) is 4.83 Å². The topological polar surface area (TPSA) is 61.8 Å². The van der Waals surface area contributed by atoms with Gasteiger partial charge in [0.2, 0.25) is 0 Å². The van der Waals surface area contributed by atoms with E-state index in [-0.39, 0.29) is 10.8 Å². The number of nitrogens with one attached hydrogen (secondary N) is 1. The van der Waals surface area contributed by atoms with Crippen molar-refractivity contribution in [2.45, 2.75) is 31.2 Å². The Bertz CT molecular complexity index is 738. The van der Waals surface area contributed by atoms with Crippen LogP contribution < -0.4 is 4.83 Å². The van der Waals surface area contributed by atoms with Crippen LogP contribution in [0.15, 0.2) is 46.4 Å². The van der Waals surface area contributed by atoms with Crippen LogP contribution >= 0.6 is 0 Å². The van der Waals surface area contributed by atoms with Crippen LogP contribution in [0.2, 0.25) is 0 Å². The van der Waals surface area contributed by atoms with Crippen LogP contribution in [0.25, 0.3) is 0 Å². The van der Waals surface area contributed by atoms with E-state index in [4.69, 9.17) is 0 Å². The van der Waals surface area contributed by atoms with Crippen LogP contribution in [0, 0.1) is 18.8 Å². The minimum absolute atomic E-state index is 0.238. The number of hydrazone groups is 1. The van der Waals surface area contributed by atoms with Gasteiger partial charge >= 0.3 is 0 Å². The van der Waals surface area contributed by atoms with Gasteiger partial charge in [-0.05, 0) is 45.4 Å². The van der Waals surface area contributed by atoms with Gasteiger partial charge in [0.1, 0.15) is 0 Å². The summed E-state index contributed by atoms with van der Waals surface area (Å²) in [5.74, 6) is 0.804. The molecule has 0 saturated carbocycles. The lowest BCUT2D eigenvalue weighted by molar-refractivity contribution is 0.142. The molecule has 1 aliphatic carbocycles. The van der Waals surface area contributed by atoms with E-state index >= 15 is 0 Å². The third-order valence-corrected chi connectivity index (χ3v) is 6.02. The van der Waals surface area contributed by atoms with Gasteiger partial charge in [-0.15, -0.1) is 0 Å². The fraction of sp³-hybridized carbons (Fsp3) is 0.471. The van der Waals surface area contributed by atoms with Crippen LogP contribution in [-0.2, 0) is 10.0 Å². The van der Waals surface area contributed by atoms with Crippen LogP contribution in [0.4, 0.5) is 0 Å². The van der Waals surface area contributed by atoms with Crippen LogP contribution in [0.3, 0.4) is 0 Å². The monoisotopic (exact) mass is 333 g/mol. The third kappa shape index (κ3) is 3.33. The molecule has 3 unspecified atom stereocenters. The van der Waals surface area contributed by atoms with E-state index in [0.29, 0.717) is 12.0 Å². The average molecular weight is 333 g/mol. The normalized spacial score (nSPS) is 28.1. The first-order valence-electron chi connectivity index (χ1n) is 7.88. The first-order chi connectivity index (χ1) is 10.9. The van der Waals surface area contributed by atoms with Crippen molar-refractivity contribution in [3.8, 4) is 0 Å². The van der Waals surface area contributed by atoms with E-state index in [0.717, 1.165) is 24.2 Å². The number of hydrogen-bond acceptors (Lipinski definition) is 4. The summed E-state index contributed by atoms with van der Waals surface area (Å²) >= 11 is 0. The van der Waals surface area contributed by atoms with Gasteiger partial charge in [0.05, 0.1) is 4.90 Å². The highest BCUT2D eigenvalue weighted by Gasteiger charge is 2.37. The molecule has 3 atom stereocenters. The van der Waals surface area contributed by atoms with Gasteiger partial charge in [-0.1, -0.05) is 29.8 Å². The largest absolute Gasteiger partial charge is 0.299 e. The number of rotatable bonds is 4. The molecule has 3 aliphatic rings. The molecule has 6 heteroatoms. The molecule has 0 spiro atoms. The second-order valence-corrected chi connectivity index (χ2v) is 8.24. The predicted molar refractivity (Wildman–Crippen MR) is 91.8 cm³/mol. The smallest absolute Gasteiger partial charge is 0.276 e. The average Bonchev–Trinajstić information content (AvgIpc) is 2.53. The molecule has 1 aromatic rings. The molecule has 23 heavy (non-hydrogen) atoms. The van der Waals surface area contributed by atoms with Gasteiger partial charge in [0.15, 0.2) is 0 Å². The molecule has 1 saturated heterocycles. The second-order valence-electron chi connectivity index (χ2n) is 6.58. The third-order valence-electron chi connectivity index (χ3n) is 4.79. The summed E-state index contributed by atoms with van der Waals surface area (Å²) < 4.78 is 24.6. The van der Waals surface area contributed by atoms with Crippen LogP contribution in [0.5, 0.6) is 0 Å². The first kappa shape index (κ1) is 16.2. The van der Waals surface area contributed by atoms with Crippen molar-refractivity contribution in [3.05, 3.63) is 42.0 Å². The van der Waals surface area contributed by atoms with Crippen molar-refractivity contribution >= 4 is 15.7 Å². The van der Waals surface area contributed by atoms with Crippen LogP contribution in [0.1, 0.15) is 18.9 Å². The molecular weight excluding hydrogens is 310 g/mol. The summed E-state index contributed by atoms with van der Waals surface area (Å²) in [5, 5.41) is 4.19. The SMILES string of the molecule is C/C(=N/NS(=O)(=O)c1ccc(C)cc1)C1CC2C=CC1N(C)C2. The Kier molecular flexibility index (Phi) is 4.29. The fourth-order valence-corrected chi connectivity index (χ4v) is 4.30. The molecular formula is C17H23N3O2S. The van der Waals surface area contributed by atoms with E-state index < -0.39 is 10.0 Å². The number of nitrogens with zero attached hydrogens (tertiary/aromatic N) is 2. The lowest BCUT2D eigenvalue weighted by Gasteiger charge is -2.44. The van der Waals surface area contributed by atoms with Crippen LogP contribution in [-0.4, -0.2) is 38.7 Å². The number of hydrogen-bond donors (Lipinski definition) is 1. The van der Waals surface area contributed by atoms with E-state index in [1.165, 1.54) is 0 Å². The zero-order valence-corrected chi connectivity index (χ0v) is 14.5. The van der Waals surface area contributed by atoms with E-state index in [9.17, 15) is 8.42 Å². The van der Waals surface area contributed by atoms with E-state index in [1.807, 2.05) is 13.8 Å². The van der Waals surface area contributed by atoms with Crippen molar-refractivity contribution in [1.82, 2.24) is 9.73 Å². The first-order valence-corrected chi connectivity index (χ1v) is 9.36. The summed E-state index contributed by atoms with van der Waals surface area (Å²) in [6.45, 7) is 4.90. The van der Waals surface area contributed by atoms with E-state index in [2.05, 4.69) is 34.0 Å². The van der Waals surface area contributed by atoms with Crippen molar-refractivity contribution < 1.29 is 8.42 Å². The zero-order chi connectivity index (χ0) is 16.6. The Labute approximate surface area is 138 Å². The van der Waals surface area contributed by atoms with Gasteiger partial charge < -0.3 is 0 Å². The summed E-state index contributed by atoms with van der Waals surface area (Å²) in [4.78, 5) is 4.93. The zero-order valence-electron chi connectivity index (χ0n) is 13.7. The molecule has 1 N–H and O–H groups in total. The lowest BCUT2D eigenvalue weighted by atomic mass is 9.76. The Morgan fingerprint density at radius 3 is 2.57 bits per heavy atom. The maximum absolute atomic E-state index is 12.3. The van der Waals surface area contributed by atoms with Gasteiger partial charge in [-0.2, -0.15) is 13.5 Å². The molecule has 2 heterocycles. The standard InChI is InChI=1S/C17H23N3O2S/c1-12-4-7-15(8-5-12)23(21,22)19-18-13(2)16-10-14-6-9-17(16)20(3)11-14/h4-9,14,16-17,19H,10-11H2,1-3H3/b18-13-. The Balaban J connectivity index is 1.74. The number of piperidine rings is 1. The molecule has 0 aromatic heterocycles. The summed E-state index contributed by atoms with van der Waals surface area (Å²) in [5.41, 5.74) is 1.86. The minimum atomic E-state index is -3.61. The quantitative estimate of drug-likeness (QED) is 0.522. The molecule has 1 fully saturated rings. The van der Waals surface area contributed by atoms with Gasteiger partial charge in [-0.3, -0.25) is 4.90 Å². The Hall–Kier alpha value is -1.66. The molecule has 4 rings (SSSR count). The highest BCUT2D eigenvalue weighted by atomic mass is 32.2. The number of sulfonamides is 1. The summed E-state index contributed by atoms with van der Waals surface area (Å²) in [7, 11) is -1.50. The van der Waals surface area contributed by atoms with Gasteiger partial charge in [0.25, 0.3) is 10.0 Å². The molecule has 0 amide bonds. The van der Waals surface area contributed by atoms with Crippen molar-refractivity contribution in [2.75, 3.05) is 13.6 Å².